The minimum atomic E-state index is -0.0519. The number of thioether (sulfide) groups is 1. The minimum Gasteiger partial charge on any atom is -0.268 e. The van der Waals surface area contributed by atoms with Crippen LogP contribution in [-0.2, 0) is 0 Å². The van der Waals surface area contributed by atoms with Gasteiger partial charge in [-0.25, -0.2) is 4.98 Å². The van der Waals surface area contributed by atoms with Gasteiger partial charge in [-0.2, -0.15) is 0 Å². The number of rotatable bonds is 4. The number of hydrogen-bond acceptors (Lipinski definition) is 3. The summed E-state index contributed by atoms with van der Waals surface area (Å²) in [5, 5.41) is 2.02. The Morgan fingerprint density at radius 1 is 1.21 bits per heavy atom. The molecule has 0 aliphatic rings. The molecule has 0 aliphatic heterocycles. The molecule has 3 rings (SSSR count). The normalized spacial score (nSPS) is 11.9. The summed E-state index contributed by atoms with van der Waals surface area (Å²) in [6.07, 6.45) is 1.91. The molecule has 0 fully saturated rings. The largest absolute Gasteiger partial charge is 0.268 e. The van der Waals surface area contributed by atoms with Gasteiger partial charge in [0.15, 0.2) is 5.16 Å². The average molecular weight is 357 g/mol. The third-order valence-electron chi connectivity index (χ3n) is 3.68. The van der Waals surface area contributed by atoms with E-state index in [0.29, 0.717) is 21.8 Å². The molecule has 0 bridgehead atoms. The topological polar surface area (TPSA) is 34.9 Å². The molecule has 0 unspecified atom stereocenters. The van der Waals surface area contributed by atoms with E-state index in [0.717, 1.165) is 16.3 Å². The number of aromatic nitrogens is 2. The maximum Gasteiger partial charge on any atom is 0.266 e. The van der Waals surface area contributed by atoms with Gasteiger partial charge >= 0.3 is 0 Å². The molecule has 0 radical (unpaired) electrons. The highest BCUT2D eigenvalue weighted by atomic mass is 35.5. The SMILES string of the molecule is C/C(Cl)=C/CSc1nc2ccccc2c(=O)n1-c1ccccc1C. The molecule has 0 aliphatic carbocycles. The highest BCUT2D eigenvalue weighted by Crippen LogP contribution is 2.23. The Morgan fingerprint density at radius 2 is 1.92 bits per heavy atom. The Hall–Kier alpha value is -2.04. The second kappa shape index (κ2) is 7.24. The lowest BCUT2D eigenvalue weighted by Gasteiger charge is -2.14. The number of halogens is 1. The molecular weight excluding hydrogens is 340 g/mol. The monoisotopic (exact) mass is 356 g/mol. The minimum absolute atomic E-state index is 0.0519. The van der Waals surface area contributed by atoms with Gasteiger partial charge in [-0.05, 0) is 37.6 Å². The highest BCUT2D eigenvalue weighted by molar-refractivity contribution is 7.99. The van der Waals surface area contributed by atoms with E-state index in [4.69, 9.17) is 16.6 Å². The van der Waals surface area contributed by atoms with Crippen molar-refractivity contribution in [2.75, 3.05) is 5.75 Å². The van der Waals surface area contributed by atoms with Gasteiger partial charge in [-0.15, -0.1) is 0 Å². The Kier molecular flexibility index (Phi) is 5.07. The second-order valence-corrected chi connectivity index (χ2v) is 7.02. The Morgan fingerprint density at radius 3 is 2.67 bits per heavy atom. The van der Waals surface area contributed by atoms with Crippen LogP contribution in [0.5, 0.6) is 0 Å². The van der Waals surface area contributed by atoms with Crippen LogP contribution in [0.25, 0.3) is 16.6 Å². The number of fused-ring (bicyclic) bond motifs is 1. The Labute approximate surface area is 150 Å². The van der Waals surface area contributed by atoms with Gasteiger partial charge in [-0.3, -0.25) is 9.36 Å². The molecule has 1 aromatic heterocycles. The lowest BCUT2D eigenvalue weighted by Crippen LogP contribution is -2.22. The molecule has 3 nitrogen and oxygen atoms in total. The summed E-state index contributed by atoms with van der Waals surface area (Å²) < 4.78 is 1.69. The third kappa shape index (κ3) is 3.40. The van der Waals surface area contributed by atoms with Crippen LogP contribution in [0.2, 0.25) is 0 Å². The number of benzene rings is 2. The molecule has 0 saturated heterocycles. The molecule has 3 aromatic rings. The third-order valence-corrected chi connectivity index (χ3v) is 4.70. The van der Waals surface area contributed by atoms with Crippen LogP contribution in [0, 0.1) is 6.92 Å². The van der Waals surface area contributed by atoms with E-state index in [9.17, 15) is 4.79 Å². The van der Waals surface area contributed by atoms with Crippen molar-refractivity contribution < 1.29 is 0 Å². The van der Waals surface area contributed by atoms with Crippen LogP contribution < -0.4 is 5.56 Å². The predicted molar refractivity (Wildman–Crippen MR) is 102 cm³/mol. The summed E-state index contributed by atoms with van der Waals surface area (Å²) in [4.78, 5) is 17.8. The summed E-state index contributed by atoms with van der Waals surface area (Å²) in [6, 6.07) is 15.3. The molecule has 0 N–H and O–H groups in total. The maximum atomic E-state index is 13.1. The van der Waals surface area contributed by atoms with Gasteiger partial charge in [0.1, 0.15) is 0 Å². The van der Waals surface area contributed by atoms with Crippen LogP contribution in [0.1, 0.15) is 12.5 Å². The van der Waals surface area contributed by atoms with Gasteiger partial charge in [0.25, 0.3) is 5.56 Å². The van der Waals surface area contributed by atoms with E-state index in [1.165, 1.54) is 11.8 Å². The first-order valence-corrected chi connectivity index (χ1v) is 8.97. The number of hydrogen-bond donors (Lipinski definition) is 0. The zero-order valence-electron chi connectivity index (χ0n) is 13.5. The van der Waals surface area contributed by atoms with Gasteiger partial charge in [0.05, 0.1) is 16.6 Å². The number of nitrogens with zero attached hydrogens (tertiary/aromatic N) is 2. The zero-order valence-corrected chi connectivity index (χ0v) is 15.1. The van der Waals surface area contributed by atoms with E-state index >= 15 is 0 Å². The van der Waals surface area contributed by atoms with Gasteiger partial charge in [0.2, 0.25) is 0 Å². The summed E-state index contributed by atoms with van der Waals surface area (Å²) in [6.45, 7) is 3.83. The smallest absolute Gasteiger partial charge is 0.266 e. The van der Waals surface area contributed by atoms with Crippen molar-refractivity contribution in [3.05, 3.63) is 75.6 Å². The first-order valence-electron chi connectivity index (χ1n) is 7.61. The first kappa shape index (κ1) is 16.8. The van der Waals surface area contributed by atoms with E-state index in [1.54, 1.807) is 4.57 Å². The molecule has 1 heterocycles. The average Bonchev–Trinajstić information content (AvgIpc) is 2.56. The second-order valence-electron chi connectivity index (χ2n) is 5.44. The van der Waals surface area contributed by atoms with E-state index in [2.05, 4.69) is 0 Å². The van der Waals surface area contributed by atoms with Crippen LogP contribution in [-0.4, -0.2) is 15.3 Å². The quantitative estimate of drug-likeness (QED) is 0.491. The zero-order chi connectivity index (χ0) is 17.1. The van der Waals surface area contributed by atoms with Gasteiger partial charge in [-0.1, -0.05) is 59.8 Å². The lowest BCUT2D eigenvalue weighted by molar-refractivity contribution is 0.815. The van der Waals surface area contributed by atoms with Crippen LogP contribution >= 0.6 is 23.4 Å². The van der Waals surface area contributed by atoms with Crippen molar-refractivity contribution in [1.29, 1.82) is 0 Å². The Balaban J connectivity index is 2.24. The van der Waals surface area contributed by atoms with Crippen molar-refractivity contribution in [1.82, 2.24) is 9.55 Å². The molecule has 24 heavy (non-hydrogen) atoms. The number of allylic oxidation sites excluding steroid dienone is 1. The first-order chi connectivity index (χ1) is 11.6. The van der Waals surface area contributed by atoms with Gasteiger partial charge < -0.3 is 0 Å². The lowest BCUT2D eigenvalue weighted by atomic mass is 10.2. The predicted octanol–water partition coefficient (Wildman–Crippen LogP) is 4.93. The molecule has 0 atom stereocenters. The summed E-state index contributed by atoms with van der Waals surface area (Å²) in [5.41, 5.74) is 2.54. The van der Waals surface area contributed by atoms with E-state index in [1.807, 2.05) is 68.5 Å². The van der Waals surface area contributed by atoms with E-state index < -0.39 is 0 Å². The molecular formula is C19H17ClN2OS. The molecule has 5 heteroatoms. The van der Waals surface area contributed by atoms with Crippen LogP contribution in [0.15, 0.2) is 69.6 Å². The summed E-state index contributed by atoms with van der Waals surface area (Å²) >= 11 is 7.41. The summed E-state index contributed by atoms with van der Waals surface area (Å²) in [5.74, 6) is 0.659. The fourth-order valence-corrected chi connectivity index (χ4v) is 3.59. The number of aryl methyl sites for hydroxylation is 1. The fourth-order valence-electron chi connectivity index (χ4n) is 2.47. The van der Waals surface area contributed by atoms with Crippen molar-refractivity contribution >= 4 is 34.3 Å². The molecule has 2 aromatic carbocycles. The van der Waals surface area contributed by atoms with Crippen molar-refractivity contribution in [3.8, 4) is 5.69 Å². The molecule has 0 amide bonds. The van der Waals surface area contributed by atoms with Crippen molar-refractivity contribution in [2.24, 2.45) is 0 Å². The fraction of sp³-hybridized carbons (Fsp3) is 0.158. The van der Waals surface area contributed by atoms with Crippen molar-refractivity contribution in [2.45, 2.75) is 19.0 Å². The van der Waals surface area contributed by atoms with Crippen LogP contribution in [0.4, 0.5) is 0 Å². The molecule has 0 saturated carbocycles. The van der Waals surface area contributed by atoms with Gasteiger partial charge in [0, 0.05) is 10.8 Å². The highest BCUT2D eigenvalue weighted by Gasteiger charge is 2.14. The standard InChI is InChI=1S/C19H17ClN2OS/c1-13-7-3-6-10-17(13)22-18(23)15-8-4-5-9-16(15)21-19(22)24-12-11-14(2)20/h3-11H,12H2,1-2H3/b14-11-. The summed E-state index contributed by atoms with van der Waals surface area (Å²) in [7, 11) is 0. The van der Waals surface area contributed by atoms with Crippen molar-refractivity contribution in [3.63, 3.8) is 0 Å². The molecule has 0 spiro atoms. The maximum absolute atomic E-state index is 13.1. The van der Waals surface area contributed by atoms with Crippen LogP contribution in [0.3, 0.4) is 0 Å². The van der Waals surface area contributed by atoms with E-state index in [-0.39, 0.29) is 5.56 Å². The molecule has 122 valence electrons. The Bertz CT molecular complexity index is 975. The number of para-hydroxylation sites is 2.